The van der Waals surface area contributed by atoms with Gasteiger partial charge in [0.05, 0.1) is 13.2 Å². The van der Waals surface area contributed by atoms with Crippen LogP contribution >= 0.6 is 0 Å². The monoisotopic (exact) mass is 270 g/mol. The fourth-order valence-electron chi connectivity index (χ4n) is 1.53. The highest BCUT2D eigenvalue weighted by Crippen LogP contribution is 2.16. The molecule has 7 heteroatoms. The van der Waals surface area contributed by atoms with Crippen molar-refractivity contribution in [3.05, 3.63) is 0 Å². The Morgan fingerprint density at radius 1 is 1.33 bits per heavy atom. The number of alkyl halides is 3. The van der Waals surface area contributed by atoms with Crippen molar-refractivity contribution >= 4 is 5.97 Å². The number of nitrogens with one attached hydrogen (secondary N) is 1. The van der Waals surface area contributed by atoms with Gasteiger partial charge in [-0.3, -0.25) is 9.69 Å². The van der Waals surface area contributed by atoms with E-state index in [0.717, 1.165) is 0 Å². The molecule has 108 valence electrons. The smallest absolute Gasteiger partial charge is 0.401 e. The van der Waals surface area contributed by atoms with E-state index >= 15 is 0 Å². The van der Waals surface area contributed by atoms with Gasteiger partial charge in [0.1, 0.15) is 6.04 Å². The fraction of sp³-hybridized carbons (Fsp3) is 0.909. The van der Waals surface area contributed by atoms with Gasteiger partial charge >= 0.3 is 12.1 Å². The van der Waals surface area contributed by atoms with Gasteiger partial charge in [-0.1, -0.05) is 13.8 Å². The van der Waals surface area contributed by atoms with Gasteiger partial charge in [0.15, 0.2) is 0 Å². The van der Waals surface area contributed by atoms with Gasteiger partial charge in [-0.05, 0) is 20.0 Å². The van der Waals surface area contributed by atoms with Crippen LogP contribution in [0.3, 0.4) is 0 Å². The van der Waals surface area contributed by atoms with E-state index in [-0.39, 0.29) is 19.7 Å². The lowest BCUT2D eigenvalue weighted by Gasteiger charge is -2.26. The van der Waals surface area contributed by atoms with Crippen molar-refractivity contribution in [2.45, 2.75) is 33.0 Å². The molecule has 0 heterocycles. The first kappa shape index (κ1) is 17.2. The zero-order valence-corrected chi connectivity index (χ0v) is 11.0. The number of carbonyl (C=O) groups is 1. The standard InChI is InChI=1S/C11H21F3N2O2/c1-4-15-9(10(17)18-6-3)7-16(5-2)8-11(12,13)14/h9,15H,4-8H2,1-3H3. The molecular weight excluding hydrogens is 249 g/mol. The second kappa shape index (κ2) is 8.31. The van der Waals surface area contributed by atoms with Crippen molar-refractivity contribution in [3.8, 4) is 0 Å². The van der Waals surface area contributed by atoms with E-state index in [4.69, 9.17) is 4.74 Å². The minimum Gasteiger partial charge on any atom is -0.465 e. The molecule has 0 aromatic rings. The molecule has 18 heavy (non-hydrogen) atoms. The van der Waals surface area contributed by atoms with Gasteiger partial charge in [0.25, 0.3) is 0 Å². The predicted octanol–water partition coefficient (Wildman–Crippen LogP) is 1.41. The summed E-state index contributed by atoms with van der Waals surface area (Å²) >= 11 is 0. The highest BCUT2D eigenvalue weighted by molar-refractivity contribution is 5.76. The summed E-state index contributed by atoms with van der Waals surface area (Å²) in [6, 6.07) is -0.725. The van der Waals surface area contributed by atoms with Crippen LogP contribution in [0.25, 0.3) is 0 Å². The van der Waals surface area contributed by atoms with Crippen molar-refractivity contribution in [2.75, 3.05) is 32.8 Å². The third-order valence-electron chi connectivity index (χ3n) is 2.31. The Kier molecular flexibility index (Phi) is 7.93. The van der Waals surface area contributed by atoms with E-state index in [1.54, 1.807) is 20.8 Å². The van der Waals surface area contributed by atoms with Gasteiger partial charge in [-0.25, -0.2) is 0 Å². The van der Waals surface area contributed by atoms with Crippen LogP contribution in [0.1, 0.15) is 20.8 Å². The molecule has 0 fully saturated rings. The molecule has 4 nitrogen and oxygen atoms in total. The first-order valence-corrected chi connectivity index (χ1v) is 6.03. The highest BCUT2D eigenvalue weighted by Gasteiger charge is 2.32. The maximum atomic E-state index is 12.3. The second-order valence-corrected chi connectivity index (χ2v) is 3.81. The molecule has 0 saturated heterocycles. The van der Waals surface area contributed by atoms with Crippen LogP contribution in [0, 0.1) is 0 Å². The molecule has 0 aliphatic carbocycles. The summed E-state index contributed by atoms with van der Waals surface area (Å²) in [5.41, 5.74) is 0. The zero-order chi connectivity index (χ0) is 14.2. The molecule has 0 aromatic carbocycles. The van der Waals surface area contributed by atoms with E-state index in [1.807, 2.05) is 0 Å². The minimum atomic E-state index is -4.26. The quantitative estimate of drug-likeness (QED) is 0.677. The van der Waals surface area contributed by atoms with Crippen LogP contribution in [0.4, 0.5) is 13.2 Å². The summed E-state index contributed by atoms with van der Waals surface area (Å²) in [6.07, 6.45) is -4.26. The summed E-state index contributed by atoms with van der Waals surface area (Å²) in [5, 5.41) is 2.83. The van der Waals surface area contributed by atoms with Crippen molar-refractivity contribution in [1.29, 1.82) is 0 Å². The molecule has 0 bridgehead atoms. The maximum Gasteiger partial charge on any atom is 0.401 e. The number of nitrogens with zero attached hydrogens (tertiary/aromatic N) is 1. The largest absolute Gasteiger partial charge is 0.465 e. The normalized spacial score (nSPS) is 13.7. The summed E-state index contributed by atoms with van der Waals surface area (Å²) in [7, 11) is 0. The van der Waals surface area contributed by atoms with Crippen molar-refractivity contribution in [3.63, 3.8) is 0 Å². The Labute approximate surface area is 105 Å². The van der Waals surface area contributed by atoms with Crippen LogP contribution in [-0.4, -0.2) is 55.9 Å². The summed E-state index contributed by atoms with van der Waals surface area (Å²) in [5.74, 6) is -0.514. The number of rotatable bonds is 8. The Balaban J connectivity index is 4.47. The van der Waals surface area contributed by atoms with E-state index < -0.39 is 24.7 Å². The average Bonchev–Trinajstić information content (AvgIpc) is 2.25. The summed E-state index contributed by atoms with van der Waals surface area (Å²) in [6.45, 7) is 4.97. The van der Waals surface area contributed by atoms with Crippen LogP contribution in [-0.2, 0) is 9.53 Å². The van der Waals surface area contributed by atoms with Crippen LogP contribution in [0.2, 0.25) is 0 Å². The Hall–Kier alpha value is -0.820. The van der Waals surface area contributed by atoms with Crippen molar-refractivity contribution in [1.82, 2.24) is 10.2 Å². The molecule has 0 rings (SSSR count). The molecule has 0 spiro atoms. The summed E-state index contributed by atoms with van der Waals surface area (Å²) < 4.78 is 41.7. The number of hydrogen-bond acceptors (Lipinski definition) is 4. The van der Waals surface area contributed by atoms with Gasteiger partial charge in [-0.2, -0.15) is 13.2 Å². The maximum absolute atomic E-state index is 12.3. The van der Waals surface area contributed by atoms with E-state index in [1.165, 1.54) is 4.90 Å². The van der Waals surface area contributed by atoms with Crippen molar-refractivity contribution < 1.29 is 22.7 Å². The highest BCUT2D eigenvalue weighted by atomic mass is 19.4. The summed E-state index contributed by atoms with van der Waals surface area (Å²) in [4.78, 5) is 12.7. The molecular formula is C11H21F3N2O2. The topological polar surface area (TPSA) is 41.6 Å². The average molecular weight is 270 g/mol. The molecule has 1 unspecified atom stereocenters. The van der Waals surface area contributed by atoms with Gasteiger partial charge < -0.3 is 10.1 Å². The number of ether oxygens (including phenoxy) is 1. The lowest BCUT2D eigenvalue weighted by Crippen LogP contribution is -2.49. The second-order valence-electron chi connectivity index (χ2n) is 3.81. The SMILES string of the molecule is CCNC(CN(CC)CC(F)(F)F)C(=O)OCC. The Bertz CT molecular complexity index is 247. The van der Waals surface area contributed by atoms with Gasteiger partial charge in [0.2, 0.25) is 0 Å². The number of carbonyl (C=O) groups excluding carboxylic acids is 1. The minimum absolute atomic E-state index is 0.0112. The number of hydrogen-bond donors (Lipinski definition) is 1. The van der Waals surface area contributed by atoms with Gasteiger partial charge in [-0.15, -0.1) is 0 Å². The van der Waals surface area contributed by atoms with Crippen LogP contribution in [0.15, 0.2) is 0 Å². The van der Waals surface area contributed by atoms with E-state index in [9.17, 15) is 18.0 Å². The predicted molar refractivity (Wildman–Crippen MR) is 62.3 cm³/mol. The Morgan fingerprint density at radius 2 is 1.94 bits per heavy atom. The van der Waals surface area contributed by atoms with Crippen LogP contribution < -0.4 is 5.32 Å². The molecule has 0 radical (unpaired) electrons. The fourth-order valence-corrected chi connectivity index (χ4v) is 1.53. The number of halogens is 3. The lowest BCUT2D eigenvalue weighted by molar-refractivity contribution is -0.153. The first-order chi connectivity index (χ1) is 8.34. The molecule has 0 aromatic heterocycles. The third kappa shape index (κ3) is 7.50. The molecule has 0 aliphatic heterocycles. The zero-order valence-electron chi connectivity index (χ0n) is 11.0. The van der Waals surface area contributed by atoms with E-state index in [0.29, 0.717) is 6.54 Å². The molecule has 0 amide bonds. The molecule has 0 saturated carbocycles. The Morgan fingerprint density at radius 3 is 2.33 bits per heavy atom. The van der Waals surface area contributed by atoms with E-state index in [2.05, 4.69) is 5.32 Å². The first-order valence-electron chi connectivity index (χ1n) is 6.03. The molecule has 1 atom stereocenters. The third-order valence-corrected chi connectivity index (χ3v) is 2.31. The number of likely N-dealkylation sites (N-methyl/N-ethyl adjacent to an activating group) is 2. The van der Waals surface area contributed by atoms with Gasteiger partial charge in [0, 0.05) is 6.54 Å². The molecule has 1 N–H and O–H groups in total. The number of esters is 1. The molecule has 0 aliphatic rings. The van der Waals surface area contributed by atoms with Crippen LogP contribution in [0.5, 0.6) is 0 Å². The van der Waals surface area contributed by atoms with Crippen molar-refractivity contribution in [2.24, 2.45) is 0 Å². The lowest BCUT2D eigenvalue weighted by atomic mass is 10.2.